The predicted octanol–water partition coefficient (Wildman–Crippen LogP) is 3.23. The van der Waals surface area contributed by atoms with Gasteiger partial charge in [0.1, 0.15) is 0 Å². The van der Waals surface area contributed by atoms with Crippen LogP contribution in [0.5, 0.6) is 0 Å². The van der Waals surface area contributed by atoms with Crippen molar-refractivity contribution in [2.75, 3.05) is 7.05 Å². The molecule has 1 aromatic heterocycles. The molecule has 1 aliphatic rings. The van der Waals surface area contributed by atoms with E-state index in [0.29, 0.717) is 6.04 Å². The van der Waals surface area contributed by atoms with E-state index in [-0.39, 0.29) is 5.92 Å². The van der Waals surface area contributed by atoms with Gasteiger partial charge in [0.05, 0.1) is 12.0 Å². The topological polar surface area (TPSA) is 39.9 Å². The molecule has 3 unspecified atom stereocenters. The highest BCUT2D eigenvalue weighted by Crippen LogP contribution is 2.33. The maximum atomic E-state index is 9.35. The van der Waals surface area contributed by atoms with Gasteiger partial charge in [-0.15, -0.1) is 0 Å². The monoisotopic (exact) mass is 257 g/mol. The van der Waals surface area contributed by atoms with Gasteiger partial charge < -0.3 is 0 Å². The number of rotatable bonds is 4. The van der Waals surface area contributed by atoms with Crippen molar-refractivity contribution in [3.8, 4) is 6.07 Å². The van der Waals surface area contributed by atoms with Crippen molar-refractivity contribution in [1.29, 1.82) is 5.26 Å². The molecule has 0 N–H and O–H groups in total. The normalized spacial score (nSPS) is 27.2. The molecule has 0 amide bonds. The lowest BCUT2D eigenvalue weighted by Crippen LogP contribution is -2.41. The summed E-state index contributed by atoms with van der Waals surface area (Å²) in [6, 6.07) is 6.98. The van der Waals surface area contributed by atoms with E-state index in [2.05, 4.69) is 36.0 Å². The highest BCUT2D eigenvalue weighted by molar-refractivity contribution is 5.09. The standard InChI is InChI=1S/C16H23N3/c1-3-13-6-7-15(10-17)16(9-13)19(2)12-14-5-4-8-18-11-14/h4-5,8,11,13,15-16H,3,6-7,9,12H2,1-2H3. The molecule has 0 aliphatic heterocycles. The summed E-state index contributed by atoms with van der Waals surface area (Å²) in [5, 5.41) is 9.35. The van der Waals surface area contributed by atoms with E-state index in [9.17, 15) is 5.26 Å². The SMILES string of the molecule is CCC1CCC(C#N)C(N(C)Cc2cccnc2)C1. The van der Waals surface area contributed by atoms with Crippen LogP contribution in [-0.4, -0.2) is 23.0 Å². The Hall–Kier alpha value is -1.40. The van der Waals surface area contributed by atoms with Gasteiger partial charge in [-0.3, -0.25) is 9.88 Å². The van der Waals surface area contributed by atoms with Gasteiger partial charge in [0, 0.05) is 25.0 Å². The van der Waals surface area contributed by atoms with E-state index in [0.717, 1.165) is 25.3 Å². The molecule has 1 heterocycles. The molecule has 1 aliphatic carbocycles. The summed E-state index contributed by atoms with van der Waals surface area (Å²) < 4.78 is 0. The van der Waals surface area contributed by atoms with Crippen LogP contribution < -0.4 is 0 Å². The van der Waals surface area contributed by atoms with E-state index >= 15 is 0 Å². The first-order valence-electron chi connectivity index (χ1n) is 7.23. The van der Waals surface area contributed by atoms with Crippen LogP contribution in [0.3, 0.4) is 0 Å². The summed E-state index contributed by atoms with van der Waals surface area (Å²) in [6.45, 7) is 3.14. The average molecular weight is 257 g/mol. The van der Waals surface area contributed by atoms with E-state index in [4.69, 9.17) is 0 Å². The summed E-state index contributed by atoms with van der Waals surface area (Å²) >= 11 is 0. The number of aromatic nitrogens is 1. The molecule has 0 saturated heterocycles. The fourth-order valence-corrected chi connectivity index (χ4v) is 3.14. The third-order valence-electron chi connectivity index (χ3n) is 4.39. The first-order chi connectivity index (χ1) is 9.24. The molecule has 1 fully saturated rings. The minimum absolute atomic E-state index is 0.185. The molecule has 0 spiro atoms. The Kier molecular flexibility index (Phi) is 4.93. The fourth-order valence-electron chi connectivity index (χ4n) is 3.14. The van der Waals surface area contributed by atoms with Crippen LogP contribution in [0.1, 0.15) is 38.2 Å². The van der Waals surface area contributed by atoms with E-state index in [1.54, 1.807) is 6.20 Å². The lowest BCUT2D eigenvalue weighted by molar-refractivity contribution is 0.118. The number of hydrogen-bond acceptors (Lipinski definition) is 3. The van der Waals surface area contributed by atoms with Crippen LogP contribution >= 0.6 is 0 Å². The maximum absolute atomic E-state index is 9.35. The fraction of sp³-hybridized carbons (Fsp3) is 0.625. The van der Waals surface area contributed by atoms with Gasteiger partial charge in [0.15, 0.2) is 0 Å². The minimum Gasteiger partial charge on any atom is -0.298 e. The zero-order chi connectivity index (χ0) is 13.7. The molecule has 19 heavy (non-hydrogen) atoms. The smallest absolute Gasteiger partial charge is 0.0672 e. The number of nitrogens with zero attached hydrogens (tertiary/aromatic N) is 3. The molecular formula is C16H23N3. The highest BCUT2D eigenvalue weighted by Gasteiger charge is 2.32. The molecule has 102 valence electrons. The summed E-state index contributed by atoms with van der Waals surface area (Å²) in [6.07, 6.45) is 8.37. The Morgan fingerprint density at radius 3 is 2.95 bits per heavy atom. The van der Waals surface area contributed by atoms with Crippen molar-refractivity contribution in [2.45, 2.75) is 45.2 Å². The summed E-state index contributed by atoms with van der Waals surface area (Å²) in [5.74, 6) is 0.968. The van der Waals surface area contributed by atoms with Crippen molar-refractivity contribution in [2.24, 2.45) is 11.8 Å². The Labute approximate surface area is 116 Å². The molecule has 2 rings (SSSR count). The molecule has 0 bridgehead atoms. The van der Waals surface area contributed by atoms with E-state index in [1.807, 2.05) is 12.3 Å². The molecule has 3 heteroatoms. The molecule has 0 radical (unpaired) electrons. The zero-order valence-electron chi connectivity index (χ0n) is 11.9. The lowest BCUT2D eigenvalue weighted by atomic mass is 9.77. The average Bonchev–Trinajstić information content (AvgIpc) is 2.47. The number of pyridine rings is 1. The molecule has 1 saturated carbocycles. The van der Waals surface area contributed by atoms with Crippen molar-refractivity contribution < 1.29 is 0 Å². The van der Waals surface area contributed by atoms with Crippen LogP contribution in [0.2, 0.25) is 0 Å². The molecule has 1 aromatic rings. The summed E-state index contributed by atoms with van der Waals surface area (Å²) in [4.78, 5) is 6.50. The van der Waals surface area contributed by atoms with Gasteiger partial charge in [-0.1, -0.05) is 19.4 Å². The van der Waals surface area contributed by atoms with E-state index in [1.165, 1.54) is 18.4 Å². The quantitative estimate of drug-likeness (QED) is 0.831. The van der Waals surface area contributed by atoms with Gasteiger partial charge in [-0.05, 0) is 43.9 Å². The van der Waals surface area contributed by atoms with Gasteiger partial charge >= 0.3 is 0 Å². The third kappa shape index (κ3) is 3.54. The third-order valence-corrected chi connectivity index (χ3v) is 4.39. The second-order valence-electron chi connectivity index (χ2n) is 5.67. The van der Waals surface area contributed by atoms with Crippen LogP contribution in [0, 0.1) is 23.2 Å². The first-order valence-corrected chi connectivity index (χ1v) is 7.23. The summed E-state index contributed by atoms with van der Waals surface area (Å²) in [7, 11) is 2.14. The maximum Gasteiger partial charge on any atom is 0.0672 e. The second kappa shape index (κ2) is 6.68. The van der Waals surface area contributed by atoms with Gasteiger partial charge in [-0.25, -0.2) is 0 Å². The van der Waals surface area contributed by atoms with Gasteiger partial charge in [0.2, 0.25) is 0 Å². The highest BCUT2D eigenvalue weighted by atomic mass is 15.1. The Bertz CT molecular complexity index is 423. The molecule has 3 atom stereocenters. The molecule has 3 nitrogen and oxygen atoms in total. The van der Waals surface area contributed by atoms with E-state index < -0.39 is 0 Å². The Morgan fingerprint density at radius 1 is 1.47 bits per heavy atom. The van der Waals surface area contributed by atoms with Crippen molar-refractivity contribution in [1.82, 2.24) is 9.88 Å². The van der Waals surface area contributed by atoms with Crippen LogP contribution in [0.4, 0.5) is 0 Å². The van der Waals surface area contributed by atoms with Crippen LogP contribution in [-0.2, 0) is 6.54 Å². The Morgan fingerprint density at radius 2 is 2.32 bits per heavy atom. The van der Waals surface area contributed by atoms with Crippen molar-refractivity contribution in [3.63, 3.8) is 0 Å². The lowest BCUT2D eigenvalue weighted by Gasteiger charge is -2.38. The summed E-state index contributed by atoms with van der Waals surface area (Å²) in [5.41, 5.74) is 1.22. The largest absolute Gasteiger partial charge is 0.298 e. The predicted molar refractivity (Wildman–Crippen MR) is 76.2 cm³/mol. The minimum atomic E-state index is 0.185. The zero-order valence-corrected chi connectivity index (χ0v) is 11.9. The molecule has 0 aromatic carbocycles. The number of hydrogen-bond donors (Lipinski definition) is 0. The number of nitriles is 1. The Balaban J connectivity index is 2.02. The van der Waals surface area contributed by atoms with Crippen LogP contribution in [0.25, 0.3) is 0 Å². The van der Waals surface area contributed by atoms with Crippen molar-refractivity contribution >= 4 is 0 Å². The second-order valence-corrected chi connectivity index (χ2v) is 5.67. The van der Waals surface area contributed by atoms with Crippen molar-refractivity contribution in [3.05, 3.63) is 30.1 Å². The first kappa shape index (κ1) is 14.0. The van der Waals surface area contributed by atoms with Gasteiger partial charge in [0.25, 0.3) is 0 Å². The van der Waals surface area contributed by atoms with Crippen LogP contribution in [0.15, 0.2) is 24.5 Å². The van der Waals surface area contributed by atoms with Gasteiger partial charge in [-0.2, -0.15) is 5.26 Å². The molecular weight excluding hydrogens is 234 g/mol.